The number of furan rings is 5. The van der Waals surface area contributed by atoms with Crippen LogP contribution in [0.2, 0.25) is 0 Å². The Morgan fingerprint density at radius 1 is 0.273 bits per heavy atom. The van der Waals surface area contributed by atoms with Crippen LogP contribution in [-0.4, -0.2) is 75.4 Å². The summed E-state index contributed by atoms with van der Waals surface area (Å²) in [5, 5.41) is 9.09. The molecular weight excluding hydrogens is 1620 g/mol. The summed E-state index contributed by atoms with van der Waals surface area (Å²) in [6, 6.07) is 46.9. The SMILES string of the molecule is CC.CC.CC.CC.CC.[2H]C([2H])([2H])C1(C([2H])([2H])[2H])CN(c2c(C)ccc3c2oc2ccccc23)C(C)(C)C1([2H])[2H].[2H]C([2H])([2H])C1(C([2H])([2H])[2H])CN(c2c(C)ccc3c2oc2nc(C)ccc23)C(C)(C)C1([2H])[2H].[2H]C([2H])([2H])C1(C([2H])([2H])[2H])CN(c2c(C)ccc3c2oc2ncccc23)C(C)(C)C1([2H])[2H].[2H]C1([2H])C2(CCCCC2)CN(c2c(C)ccc3c2oc2ccccc23)C1(C)C.[2H]C1([2H])C2(CCCCC2)CN(c2c(C)ccc3c2oc2ncccc23)C1(C)C. The number of pyridine rings is 3. The van der Waals surface area contributed by atoms with Crippen molar-refractivity contribution in [3.05, 3.63) is 191 Å². The fraction of sp³-hybridized carbons (Fsp3) is 0.521. The van der Waals surface area contributed by atoms with Crippen LogP contribution in [0.25, 0.3) is 110 Å². The van der Waals surface area contributed by atoms with E-state index in [4.69, 9.17) is 55.0 Å². The lowest BCUT2D eigenvalue weighted by Crippen LogP contribution is -2.38. The van der Waals surface area contributed by atoms with E-state index in [0.717, 1.165) is 180 Å². The van der Waals surface area contributed by atoms with Gasteiger partial charge in [-0.25, -0.2) is 15.0 Å². The molecule has 7 fully saturated rings. The summed E-state index contributed by atoms with van der Waals surface area (Å²) < 4.78 is 267. The predicted molar refractivity (Wildman–Crippen MR) is 570 cm³/mol. The third-order valence-corrected chi connectivity index (χ3v) is 26.6. The van der Waals surface area contributed by atoms with Crippen molar-refractivity contribution in [2.24, 2.45) is 27.1 Å². The third kappa shape index (κ3) is 19.3. The first-order valence-corrected chi connectivity index (χ1v) is 48.2. The highest BCUT2D eigenvalue weighted by Crippen LogP contribution is 2.58. The summed E-state index contributed by atoms with van der Waals surface area (Å²) in [7, 11) is 0. The van der Waals surface area contributed by atoms with Gasteiger partial charge in [0.05, 0.1) is 28.4 Å². The molecule has 13 heteroatoms. The first-order valence-electron chi connectivity index (χ1n) is 62.2. The number of hydrogen-bond donors (Lipinski definition) is 0. The molecule has 8 aromatic heterocycles. The predicted octanol–water partition coefficient (Wildman–Crippen LogP) is 35.0. The number of benzene rings is 7. The van der Waals surface area contributed by atoms with Crippen molar-refractivity contribution in [3.63, 3.8) is 0 Å². The Hall–Kier alpha value is -10.0. The fourth-order valence-electron chi connectivity index (χ4n) is 21.4. The summed E-state index contributed by atoms with van der Waals surface area (Å²) in [5.74, 6) is 0. The molecule has 0 amide bonds. The summed E-state index contributed by atoms with van der Waals surface area (Å²) in [4.78, 5) is 22.5. The highest BCUT2D eigenvalue weighted by molar-refractivity contribution is 6.13. The number of para-hydroxylation sites is 2. The highest BCUT2D eigenvalue weighted by Gasteiger charge is 2.53. The Balaban J connectivity index is 0.000000162. The van der Waals surface area contributed by atoms with Gasteiger partial charge in [-0.1, -0.05) is 246 Å². The first-order chi connectivity index (χ1) is 74.2. The van der Waals surface area contributed by atoms with Crippen molar-refractivity contribution in [3.8, 4) is 0 Å². The Labute approximate surface area is 831 Å². The van der Waals surface area contributed by atoms with Gasteiger partial charge in [0.1, 0.15) is 11.2 Å². The molecule has 13 heterocycles. The lowest BCUT2D eigenvalue weighted by molar-refractivity contribution is 0.204. The standard InChI is InChI=1S/C24H29NO.C23H28N2O.C21H26N2O.C21H25NO.C20H24N2O.5C2H6/c1-17-11-12-19-18-9-5-6-10-20(18)26-22(19)21(17)25-16-24(15-23(25,2)3)13-7-4-8-14-24;1-16-9-10-17-18-8-7-13-24-21(18)26-20(17)19(16)25-15-23(14-22(25,2)3)11-5-4-6-12-23;1-13-7-9-15-16-10-8-14(2)22-19(16)24-18(15)17(13)23-12-20(3,4)11-21(23,5)6;1-14-10-11-16-15-8-6-7-9-17(15)23-19(16)18(14)22-13-20(2,3)12-21(22,4)5;1-13-8-9-14-15-7-6-10-21-18(15)23-17(14)16(13)22-12-19(2,3)11-20(22,4)5;5*1-2/h5-6,9-12H,4,7-8,13-16H2,1-3H3;7-10,13H,4-6,11-12,14-15H2,1-3H3;7-10H,11-12H2,1-6H3;6-11H,12-13H2,1-5H3;6-10H,11-12H2,1-5H3;5*1-2H3/i15D2;14D2;3D3,4D3,11D2;2D3,3D3,12D2;2D3,3D3,11D2;;;;;. The van der Waals surface area contributed by atoms with Crippen molar-refractivity contribution < 1.29 is 60.5 Å². The molecule has 0 bridgehead atoms. The zero-order valence-corrected chi connectivity index (χ0v) is 83.2. The molecule has 132 heavy (non-hydrogen) atoms. The molecule has 15 aromatic rings. The Morgan fingerprint density at radius 3 is 0.841 bits per heavy atom. The maximum absolute atomic E-state index is 9.19. The van der Waals surface area contributed by atoms with Gasteiger partial charge < -0.3 is 46.6 Å². The van der Waals surface area contributed by atoms with Gasteiger partial charge in [-0.3, -0.25) is 0 Å². The van der Waals surface area contributed by atoms with Crippen LogP contribution in [-0.2, 0) is 0 Å². The maximum atomic E-state index is 9.19. The van der Waals surface area contributed by atoms with E-state index >= 15 is 0 Å². The fourth-order valence-corrected chi connectivity index (χ4v) is 21.4. The number of nitrogens with zero attached hydrogens (tertiary/aromatic N) is 8. The summed E-state index contributed by atoms with van der Waals surface area (Å²) in [5.41, 5.74) is 1.14. The maximum Gasteiger partial charge on any atom is 0.227 e. The molecule has 5 aliphatic heterocycles. The van der Waals surface area contributed by atoms with E-state index in [2.05, 4.69) is 96.6 Å². The molecule has 7 aliphatic rings. The lowest BCUT2D eigenvalue weighted by Gasteiger charge is -2.35. The lowest BCUT2D eigenvalue weighted by atomic mass is 9.71. The van der Waals surface area contributed by atoms with E-state index in [0.29, 0.717) is 56.5 Å². The highest BCUT2D eigenvalue weighted by atomic mass is 16.4. The number of aromatic nitrogens is 3. The van der Waals surface area contributed by atoms with Gasteiger partial charge in [0, 0.05) is 171 Å². The summed E-state index contributed by atoms with van der Waals surface area (Å²) in [6.45, 7) is 30.8. The van der Waals surface area contributed by atoms with Gasteiger partial charge in [-0.2, -0.15) is 0 Å². The third-order valence-electron chi connectivity index (χ3n) is 26.6. The number of fused-ring (bicyclic) bond motifs is 15. The monoisotopic (exact) mass is 1810 g/mol. The van der Waals surface area contributed by atoms with Crippen LogP contribution in [0.3, 0.4) is 0 Å². The first kappa shape index (κ1) is 68.1. The second-order valence-corrected chi connectivity index (χ2v) is 38.3. The number of anilines is 5. The summed E-state index contributed by atoms with van der Waals surface area (Å²) >= 11 is 0. The number of hydrogen-bond acceptors (Lipinski definition) is 13. The molecular formula is C119H162N8O5. The van der Waals surface area contributed by atoms with Crippen LogP contribution in [0.5, 0.6) is 0 Å². The second kappa shape index (κ2) is 38.8. The molecule has 0 radical (unpaired) electrons. The zero-order chi connectivity index (χ0) is 120. The average molecular weight is 1810 g/mol. The molecule has 2 aliphatic carbocycles. The largest absolute Gasteiger partial charge is 0.454 e. The van der Waals surface area contributed by atoms with E-state index < -0.39 is 137 Å². The normalized spacial score (nSPS) is 24.9. The average Bonchev–Trinajstić information content (AvgIpc) is 1.52. The van der Waals surface area contributed by atoms with Gasteiger partial charge in [0.15, 0.2) is 27.9 Å². The molecule has 2 spiro atoms. The van der Waals surface area contributed by atoms with E-state index in [1.165, 1.54) is 12.8 Å². The molecule has 22 rings (SSSR count). The van der Waals surface area contributed by atoms with Gasteiger partial charge in [0.2, 0.25) is 17.1 Å². The molecule has 7 aromatic carbocycles. The minimum absolute atomic E-state index is 0.268. The van der Waals surface area contributed by atoms with Crippen LogP contribution >= 0.6 is 0 Å². The van der Waals surface area contributed by atoms with Crippen LogP contribution in [0.1, 0.15) is 348 Å². The molecule has 0 atom stereocenters. The minimum atomic E-state index is -3.07. The van der Waals surface area contributed by atoms with Crippen molar-refractivity contribution in [1.82, 2.24) is 15.0 Å². The molecule has 0 unspecified atom stereocenters. The molecule has 708 valence electrons. The smallest absolute Gasteiger partial charge is 0.227 e. The van der Waals surface area contributed by atoms with Gasteiger partial charge in [-0.15, -0.1) is 0 Å². The minimum Gasteiger partial charge on any atom is -0.454 e. The van der Waals surface area contributed by atoms with Crippen LogP contribution < -0.4 is 24.5 Å². The Bertz CT molecular complexity index is 7410. The van der Waals surface area contributed by atoms with Crippen molar-refractivity contribution in [2.75, 3.05) is 57.2 Å². The Kier molecular flexibility index (Phi) is 20.0. The molecule has 0 N–H and O–H groups in total. The zero-order valence-electron chi connectivity index (χ0n) is 111. The van der Waals surface area contributed by atoms with Gasteiger partial charge in [0.25, 0.3) is 0 Å². The topological polar surface area (TPSA) is 121 Å². The number of rotatable bonds is 5. The van der Waals surface area contributed by atoms with Gasteiger partial charge >= 0.3 is 0 Å². The molecule has 13 nitrogen and oxygen atoms in total. The van der Waals surface area contributed by atoms with E-state index in [9.17, 15) is 5.48 Å². The molecule has 5 saturated heterocycles. The van der Waals surface area contributed by atoms with E-state index in [-0.39, 0.29) is 10.8 Å². The quantitative estimate of drug-likeness (QED) is 0.163. The van der Waals surface area contributed by atoms with Crippen molar-refractivity contribution >= 4 is 139 Å². The van der Waals surface area contributed by atoms with E-state index in [1.54, 1.807) is 74.7 Å². The van der Waals surface area contributed by atoms with Crippen molar-refractivity contribution in [2.45, 2.75) is 345 Å². The van der Waals surface area contributed by atoms with Crippen molar-refractivity contribution in [1.29, 1.82) is 0 Å². The second-order valence-electron chi connectivity index (χ2n) is 38.3. The molecule has 2 saturated carbocycles. The number of aryl methyl sites for hydroxylation is 6. The van der Waals surface area contributed by atoms with Crippen LogP contribution in [0, 0.1) is 68.6 Å². The van der Waals surface area contributed by atoms with Crippen LogP contribution in [0.4, 0.5) is 28.4 Å². The van der Waals surface area contributed by atoms with E-state index in [1.807, 2.05) is 206 Å². The van der Waals surface area contributed by atoms with Gasteiger partial charge in [-0.05, 0) is 272 Å². The Morgan fingerprint density at radius 2 is 0.530 bits per heavy atom. The van der Waals surface area contributed by atoms with Crippen LogP contribution in [0.15, 0.2) is 180 Å². The summed E-state index contributed by atoms with van der Waals surface area (Å²) in [6.07, 6.45) is 4.02.